The van der Waals surface area contributed by atoms with Gasteiger partial charge in [-0.3, -0.25) is 0 Å². The maximum absolute atomic E-state index is 13.9. The number of sulfonamides is 1. The lowest BCUT2D eigenvalue weighted by Crippen LogP contribution is -2.26. The number of hydrogen-bond acceptors (Lipinski definition) is 3. The van der Waals surface area contributed by atoms with Crippen molar-refractivity contribution in [2.24, 2.45) is 5.92 Å². The molecular weight excluding hydrogens is 297 g/mol. The summed E-state index contributed by atoms with van der Waals surface area (Å²) in [6.45, 7) is 0.299. The van der Waals surface area contributed by atoms with Gasteiger partial charge in [-0.15, -0.1) is 0 Å². The lowest BCUT2D eigenvalue weighted by atomic mass is 10.2. The van der Waals surface area contributed by atoms with Gasteiger partial charge in [0, 0.05) is 12.6 Å². The molecule has 0 radical (unpaired) electrons. The molecule has 0 heterocycles. The second kappa shape index (κ2) is 6.36. The zero-order valence-corrected chi connectivity index (χ0v) is 12.1. The average molecular weight is 313 g/mol. The molecule has 0 unspecified atom stereocenters. The molecule has 7 heteroatoms. The predicted molar refractivity (Wildman–Crippen MR) is 75.6 cm³/mol. The van der Waals surface area contributed by atoms with Crippen molar-refractivity contribution in [2.45, 2.75) is 24.2 Å². The molecule has 1 aliphatic carbocycles. The average Bonchev–Trinajstić information content (AvgIpc) is 3.20. The Morgan fingerprint density at radius 2 is 2.14 bits per heavy atom. The van der Waals surface area contributed by atoms with E-state index in [1.165, 1.54) is 12.1 Å². The van der Waals surface area contributed by atoms with E-state index < -0.39 is 26.7 Å². The van der Waals surface area contributed by atoms with Gasteiger partial charge >= 0.3 is 5.97 Å². The highest BCUT2D eigenvalue weighted by Crippen LogP contribution is 2.31. The quantitative estimate of drug-likeness (QED) is 0.754. The highest BCUT2D eigenvalue weighted by molar-refractivity contribution is 7.89. The number of aliphatic carboxylic acids is 1. The molecule has 0 bridgehead atoms. The first-order valence-corrected chi connectivity index (χ1v) is 8.07. The number of carbonyl (C=O) groups is 1. The van der Waals surface area contributed by atoms with E-state index in [0.29, 0.717) is 12.5 Å². The number of rotatable bonds is 7. The Morgan fingerprint density at radius 1 is 1.43 bits per heavy atom. The van der Waals surface area contributed by atoms with E-state index in [0.717, 1.165) is 37.5 Å². The van der Waals surface area contributed by atoms with Crippen LogP contribution in [0.3, 0.4) is 0 Å². The molecule has 1 saturated carbocycles. The van der Waals surface area contributed by atoms with Crippen LogP contribution in [-0.4, -0.2) is 26.0 Å². The third-order valence-corrected chi connectivity index (χ3v) is 4.70. The van der Waals surface area contributed by atoms with Crippen molar-refractivity contribution in [2.75, 3.05) is 6.54 Å². The largest absolute Gasteiger partial charge is 0.478 e. The van der Waals surface area contributed by atoms with Crippen LogP contribution in [0.2, 0.25) is 0 Å². The summed E-state index contributed by atoms with van der Waals surface area (Å²) >= 11 is 0. The van der Waals surface area contributed by atoms with E-state index in [-0.39, 0.29) is 5.56 Å². The molecule has 0 saturated heterocycles. The van der Waals surface area contributed by atoms with Crippen LogP contribution in [0.5, 0.6) is 0 Å². The van der Waals surface area contributed by atoms with Gasteiger partial charge in [0.2, 0.25) is 10.0 Å². The maximum atomic E-state index is 13.9. The van der Waals surface area contributed by atoms with Crippen molar-refractivity contribution in [3.8, 4) is 0 Å². The predicted octanol–water partition coefficient (Wildman–Crippen LogP) is 2.00. The number of benzene rings is 1. The first kappa shape index (κ1) is 15.7. The maximum Gasteiger partial charge on any atom is 0.328 e. The zero-order chi connectivity index (χ0) is 15.5. The SMILES string of the molecule is O=C(O)/C=C/c1ccc(S(=O)(=O)NCCC2CC2)c(F)c1. The number of nitrogens with one attached hydrogen (secondary N) is 1. The molecule has 21 heavy (non-hydrogen) atoms. The van der Waals surface area contributed by atoms with Crippen LogP contribution in [0.15, 0.2) is 29.2 Å². The van der Waals surface area contributed by atoms with Crippen molar-refractivity contribution in [1.29, 1.82) is 0 Å². The lowest BCUT2D eigenvalue weighted by molar-refractivity contribution is -0.131. The molecule has 1 fully saturated rings. The Labute approximate surface area is 122 Å². The van der Waals surface area contributed by atoms with Gasteiger partial charge in [0.15, 0.2) is 0 Å². The second-order valence-electron chi connectivity index (χ2n) is 4.99. The first-order valence-electron chi connectivity index (χ1n) is 6.59. The Hall–Kier alpha value is -1.73. The number of carboxylic acids is 1. The molecule has 1 aliphatic rings. The highest BCUT2D eigenvalue weighted by atomic mass is 32.2. The van der Waals surface area contributed by atoms with E-state index in [2.05, 4.69) is 4.72 Å². The van der Waals surface area contributed by atoms with Gasteiger partial charge in [-0.2, -0.15) is 0 Å². The third kappa shape index (κ3) is 4.64. The molecule has 0 spiro atoms. The van der Waals surface area contributed by atoms with Crippen molar-refractivity contribution in [3.05, 3.63) is 35.7 Å². The van der Waals surface area contributed by atoms with Crippen LogP contribution < -0.4 is 4.72 Å². The van der Waals surface area contributed by atoms with Gasteiger partial charge in [-0.25, -0.2) is 22.3 Å². The van der Waals surface area contributed by atoms with Gasteiger partial charge in [-0.1, -0.05) is 18.9 Å². The molecule has 1 aromatic carbocycles. The van der Waals surface area contributed by atoms with Crippen LogP contribution in [-0.2, 0) is 14.8 Å². The normalized spacial score (nSPS) is 15.5. The van der Waals surface area contributed by atoms with Crippen LogP contribution in [0, 0.1) is 11.7 Å². The van der Waals surface area contributed by atoms with E-state index in [4.69, 9.17) is 5.11 Å². The van der Waals surface area contributed by atoms with Crippen molar-refractivity contribution < 1.29 is 22.7 Å². The Balaban J connectivity index is 2.09. The molecule has 5 nitrogen and oxygen atoms in total. The molecular formula is C14H16FNO4S. The van der Waals surface area contributed by atoms with Gasteiger partial charge in [0.1, 0.15) is 10.7 Å². The minimum atomic E-state index is -3.87. The number of carboxylic acid groups (broad SMARTS) is 1. The van der Waals surface area contributed by atoms with Crippen molar-refractivity contribution in [1.82, 2.24) is 4.72 Å². The molecule has 2 N–H and O–H groups in total. The third-order valence-electron chi connectivity index (χ3n) is 3.21. The van der Waals surface area contributed by atoms with Crippen molar-refractivity contribution >= 4 is 22.1 Å². The summed E-state index contributed by atoms with van der Waals surface area (Å²) in [5.41, 5.74) is 0.284. The molecule has 2 rings (SSSR count). The molecule has 0 aliphatic heterocycles. The van der Waals surface area contributed by atoms with Crippen LogP contribution in [0.4, 0.5) is 4.39 Å². The fourth-order valence-electron chi connectivity index (χ4n) is 1.89. The van der Waals surface area contributed by atoms with Gasteiger partial charge in [0.25, 0.3) is 0 Å². The summed E-state index contributed by atoms with van der Waals surface area (Å²) in [5, 5.41) is 8.49. The Morgan fingerprint density at radius 3 is 2.71 bits per heavy atom. The first-order chi connectivity index (χ1) is 9.88. The fraction of sp³-hybridized carbons (Fsp3) is 0.357. The Kier molecular flexibility index (Phi) is 4.74. The zero-order valence-electron chi connectivity index (χ0n) is 11.3. The van der Waals surface area contributed by atoms with Crippen LogP contribution >= 0.6 is 0 Å². The summed E-state index contributed by atoms with van der Waals surface area (Å²) in [4.78, 5) is 9.95. The van der Waals surface area contributed by atoms with Gasteiger partial charge < -0.3 is 5.11 Å². The van der Waals surface area contributed by atoms with E-state index in [1.54, 1.807) is 0 Å². The van der Waals surface area contributed by atoms with Gasteiger partial charge in [-0.05, 0) is 36.1 Å². The summed E-state index contributed by atoms with van der Waals surface area (Å²) in [6, 6.07) is 3.49. The smallest absolute Gasteiger partial charge is 0.328 e. The lowest BCUT2D eigenvalue weighted by Gasteiger charge is -2.08. The standard InChI is InChI=1S/C14H16FNO4S/c15-12-9-11(4-6-14(17)18)3-5-13(12)21(19,20)16-8-7-10-1-2-10/h3-6,9-10,16H,1-2,7-8H2,(H,17,18)/b6-4+. The van der Waals surface area contributed by atoms with E-state index in [1.807, 2.05) is 0 Å². The molecule has 0 aromatic heterocycles. The Bertz CT molecular complexity index is 666. The minimum Gasteiger partial charge on any atom is -0.478 e. The van der Waals surface area contributed by atoms with Crippen molar-refractivity contribution in [3.63, 3.8) is 0 Å². The number of halogens is 1. The van der Waals surface area contributed by atoms with Crippen LogP contribution in [0.1, 0.15) is 24.8 Å². The number of hydrogen-bond donors (Lipinski definition) is 2. The summed E-state index contributed by atoms with van der Waals surface area (Å²) in [6.07, 6.45) is 5.07. The monoisotopic (exact) mass is 313 g/mol. The second-order valence-corrected chi connectivity index (χ2v) is 6.73. The summed E-state index contributed by atoms with van der Waals surface area (Å²) in [5.74, 6) is -1.48. The molecule has 0 atom stereocenters. The summed E-state index contributed by atoms with van der Waals surface area (Å²) < 4.78 is 40.2. The minimum absolute atomic E-state index is 0.284. The molecule has 0 amide bonds. The fourth-order valence-corrected chi connectivity index (χ4v) is 2.99. The summed E-state index contributed by atoms with van der Waals surface area (Å²) in [7, 11) is -3.87. The van der Waals surface area contributed by atoms with E-state index >= 15 is 0 Å². The van der Waals surface area contributed by atoms with Crippen LogP contribution in [0.25, 0.3) is 6.08 Å². The van der Waals surface area contributed by atoms with E-state index in [9.17, 15) is 17.6 Å². The highest BCUT2D eigenvalue weighted by Gasteiger charge is 2.23. The topological polar surface area (TPSA) is 83.5 Å². The molecule has 1 aromatic rings. The molecule has 114 valence electrons. The van der Waals surface area contributed by atoms with Gasteiger partial charge in [0.05, 0.1) is 0 Å².